The van der Waals surface area contributed by atoms with Gasteiger partial charge in [0.1, 0.15) is 18.6 Å². The van der Waals surface area contributed by atoms with Crippen LogP contribution in [-0.4, -0.2) is 47.9 Å². The molecule has 0 saturated carbocycles. The van der Waals surface area contributed by atoms with E-state index in [0.717, 1.165) is 17.2 Å². The molecule has 0 radical (unpaired) electrons. The molecule has 1 aromatic heterocycles. The van der Waals surface area contributed by atoms with E-state index in [1.54, 1.807) is 6.92 Å². The van der Waals surface area contributed by atoms with E-state index >= 15 is 0 Å². The molecule has 3 N–H and O–H groups in total. The van der Waals surface area contributed by atoms with Gasteiger partial charge in [0.25, 0.3) is 11.8 Å². The van der Waals surface area contributed by atoms with E-state index in [1.807, 2.05) is 65.2 Å². The summed E-state index contributed by atoms with van der Waals surface area (Å²) < 4.78 is 7.83. The minimum Gasteiger partial charge on any atom is -0.363 e. The highest BCUT2D eigenvalue weighted by atomic mass is 28.3. The van der Waals surface area contributed by atoms with Gasteiger partial charge < -0.3 is 20.4 Å². The SMILES string of the molecule is Cc1nc(C(=O)N[C@@H](Cc2ccccc2)C(=O)C(N)=O)c(-c2ccccc2)n1COCC[Si](C)(C)C. The number of aromatic nitrogens is 2. The van der Waals surface area contributed by atoms with Gasteiger partial charge in [0.15, 0.2) is 5.69 Å². The Kier molecular flexibility index (Phi) is 8.95. The van der Waals surface area contributed by atoms with Crippen LogP contribution in [0.4, 0.5) is 0 Å². The molecule has 0 aliphatic rings. The number of carbonyl (C=O) groups is 3. The Hall–Kier alpha value is -3.56. The van der Waals surface area contributed by atoms with Gasteiger partial charge in [0, 0.05) is 26.7 Å². The Morgan fingerprint density at radius 2 is 1.64 bits per heavy atom. The summed E-state index contributed by atoms with van der Waals surface area (Å²) in [6, 6.07) is 18.5. The summed E-state index contributed by atoms with van der Waals surface area (Å²) in [4.78, 5) is 42.3. The van der Waals surface area contributed by atoms with Gasteiger partial charge in [-0.2, -0.15) is 0 Å². The van der Waals surface area contributed by atoms with Gasteiger partial charge >= 0.3 is 0 Å². The van der Waals surface area contributed by atoms with Gasteiger partial charge in [-0.25, -0.2) is 4.98 Å². The summed E-state index contributed by atoms with van der Waals surface area (Å²) in [5.41, 5.74) is 7.60. The van der Waals surface area contributed by atoms with Crippen LogP contribution in [-0.2, 0) is 27.5 Å². The number of imidazole rings is 1. The van der Waals surface area contributed by atoms with Gasteiger partial charge in [0.2, 0.25) is 5.78 Å². The molecule has 2 aromatic carbocycles. The number of hydrogen-bond acceptors (Lipinski definition) is 5. The summed E-state index contributed by atoms with van der Waals surface area (Å²) >= 11 is 0. The van der Waals surface area contributed by atoms with Crippen molar-refractivity contribution in [1.29, 1.82) is 0 Å². The number of nitrogens with one attached hydrogen (secondary N) is 1. The summed E-state index contributed by atoms with van der Waals surface area (Å²) in [6.07, 6.45) is 0.133. The molecule has 3 rings (SSSR count). The fraction of sp³-hybridized carbons (Fsp3) is 0.333. The smallest absolute Gasteiger partial charge is 0.287 e. The molecule has 0 bridgehead atoms. The van der Waals surface area contributed by atoms with Crippen LogP contribution < -0.4 is 11.1 Å². The highest BCUT2D eigenvalue weighted by Crippen LogP contribution is 2.26. The van der Waals surface area contributed by atoms with E-state index in [-0.39, 0.29) is 18.8 Å². The average molecular weight is 507 g/mol. The average Bonchev–Trinajstić information content (AvgIpc) is 3.17. The zero-order valence-electron chi connectivity index (χ0n) is 21.3. The molecule has 9 heteroatoms. The number of nitrogens with zero attached hydrogens (tertiary/aromatic N) is 2. The van der Waals surface area contributed by atoms with E-state index in [9.17, 15) is 14.4 Å². The third kappa shape index (κ3) is 7.22. The summed E-state index contributed by atoms with van der Waals surface area (Å²) in [6.45, 7) is 9.53. The maximum Gasteiger partial charge on any atom is 0.287 e. The van der Waals surface area contributed by atoms with E-state index in [1.165, 1.54) is 0 Å². The lowest BCUT2D eigenvalue weighted by molar-refractivity contribution is -0.137. The summed E-state index contributed by atoms with van der Waals surface area (Å²) in [5.74, 6) is -1.92. The lowest BCUT2D eigenvalue weighted by Gasteiger charge is -2.18. The van der Waals surface area contributed by atoms with Crippen molar-refractivity contribution in [3.05, 3.63) is 77.7 Å². The second-order valence-corrected chi connectivity index (χ2v) is 15.6. The zero-order chi connectivity index (χ0) is 26.3. The van der Waals surface area contributed by atoms with Crippen LogP contribution in [0, 0.1) is 6.92 Å². The van der Waals surface area contributed by atoms with Crippen molar-refractivity contribution in [2.24, 2.45) is 5.73 Å². The summed E-state index contributed by atoms with van der Waals surface area (Å²) in [7, 11) is -1.25. The number of aryl methyl sites for hydroxylation is 1. The number of benzene rings is 2. The van der Waals surface area contributed by atoms with Crippen molar-refractivity contribution >= 4 is 25.7 Å². The third-order valence-electron chi connectivity index (χ3n) is 5.78. The molecular formula is C27H34N4O4Si. The number of rotatable bonds is 12. The lowest BCUT2D eigenvalue weighted by atomic mass is 10.0. The van der Waals surface area contributed by atoms with E-state index in [0.29, 0.717) is 18.1 Å². The van der Waals surface area contributed by atoms with Crippen molar-refractivity contribution in [2.45, 2.75) is 51.8 Å². The maximum absolute atomic E-state index is 13.5. The first-order chi connectivity index (χ1) is 17.1. The third-order valence-corrected chi connectivity index (χ3v) is 7.49. The van der Waals surface area contributed by atoms with Crippen LogP contribution in [0.3, 0.4) is 0 Å². The topological polar surface area (TPSA) is 116 Å². The molecule has 0 aliphatic heterocycles. The van der Waals surface area contributed by atoms with E-state index in [4.69, 9.17) is 10.5 Å². The number of amides is 2. The first-order valence-electron chi connectivity index (χ1n) is 12.0. The molecule has 2 amide bonds. The molecule has 0 unspecified atom stereocenters. The predicted molar refractivity (Wildman–Crippen MR) is 142 cm³/mol. The molecule has 36 heavy (non-hydrogen) atoms. The largest absolute Gasteiger partial charge is 0.363 e. The van der Waals surface area contributed by atoms with Crippen molar-refractivity contribution in [1.82, 2.24) is 14.9 Å². The first-order valence-corrected chi connectivity index (χ1v) is 15.7. The number of ether oxygens (including phenoxy) is 1. The number of hydrogen-bond donors (Lipinski definition) is 2. The minimum atomic E-state index is -1.25. The Morgan fingerprint density at radius 1 is 1.03 bits per heavy atom. The molecule has 190 valence electrons. The van der Waals surface area contributed by atoms with Crippen LogP contribution >= 0.6 is 0 Å². The van der Waals surface area contributed by atoms with Crippen molar-refractivity contribution in [2.75, 3.05) is 6.61 Å². The Labute approximate surface area is 212 Å². The van der Waals surface area contributed by atoms with Crippen molar-refractivity contribution in [3.8, 4) is 11.3 Å². The molecule has 0 aliphatic carbocycles. The zero-order valence-corrected chi connectivity index (χ0v) is 22.3. The Balaban J connectivity index is 1.91. The monoisotopic (exact) mass is 506 g/mol. The number of primary amides is 1. The van der Waals surface area contributed by atoms with E-state index in [2.05, 4.69) is 29.9 Å². The van der Waals surface area contributed by atoms with Crippen LogP contribution in [0.15, 0.2) is 60.7 Å². The molecule has 1 atom stereocenters. The maximum atomic E-state index is 13.5. The second-order valence-electron chi connectivity index (χ2n) is 9.94. The number of nitrogens with two attached hydrogens (primary N) is 1. The van der Waals surface area contributed by atoms with Gasteiger partial charge in [-0.3, -0.25) is 14.4 Å². The molecule has 3 aromatic rings. The molecule has 0 saturated heterocycles. The second kappa shape index (κ2) is 11.9. The Morgan fingerprint density at radius 3 is 2.22 bits per heavy atom. The van der Waals surface area contributed by atoms with Gasteiger partial charge in [0.05, 0.1) is 5.69 Å². The predicted octanol–water partition coefficient (Wildman–Crippen LogP) is 3.57. The molecular weight excluding hydrogens is 472 g/mol. The highest BCUT2D eigenvalue weighted by molar-refractivity contribution is 6.76. The van der Waals surface area contributed by atoms with Crippen LogP contribution in [0.25, 0.3) is 11.3 Å². The molecule has 0 fully saturated rings. The van der Waals surface area contributed by atoms with Crippen LogP contribution in [0.2, 0.25) is 25.7 Å². The van der Waals surface area contributed by atoms with E-state index < -0.39 is 31.7 Å². The summed E-state index contributed by atoms with van der Waals surface area (Å²) in [5, 5.41) is 2.70. The number of ketones is 1. The molecule has 0 spiro atoms. The van der Waals surface area contributed by atoms with Crippen LogP contribution in [0.1, 0.15) is 21.9 Å². The fourth-order valence-electron chi connectivity index (χ4n) is 3.76. The van der Waals surface area contributed by atoms with Gasteiger partial charge in [-0.05, 0) is 18.5 Å². The van der Waals surface area contributed by atoms with Crippen molar-refractivity contribution in [3.63, 3.8) is 0 Å². The van der Waals surface area contributed by atoms with Crippen LogP contribution in [0.5, 0.6) is 0 Å². The molecule has 1 heterocycles. The normalized spacial score (nSPS) is 12.2. The highest BCUT2D eigenvalue weighted by Gasteiger charge is 2.29. The minimum absolute atomic E-state index is 0.133. The lowest BCUT2D eigenvalue weighted by Crippen LogP contribution is -2.47. The standard InChI is InChI=1S/C27H34N4O4Si/c1-19-29-23(27(34)30-22(25(32)26(28)33)17-20-11-7-5-8-12-20)24(21-13-9-6-10-14-21)31(19)18-35-15-16-36(2,3)4/h5-14,22H,15-18H2,1-4H3,(H2,28,33)(H,30,34)/t22-/m0/s1. The van der Waals surface area contributed by atoms with Gasteiger partial charge in [-0.1, -0.05) is 80.3 Å². The quantitative estimate of drug-likeness (QED) is 0.221. The van der Waals surface area contributed by atoms with Crippen molar-refractivity contribution < 1.29 is 19.1 Å². The Bertz CT molecular complexity index is 1200. The first kappa shape index (κ1) is 27.0. The number of carbonyl (C=O) groups excluding carboxylic acids is 3. The molecule has 8 nitrogen and oxygen atoms in total. The van der Waals surface area contributed by atoms with Gasteiger partial charge in [-0.15, -0.1) is 0 Å². The number of Topliss-reactive ketones (excluding diaryl/α,β-unsaturated/α-hetero) is 1. The fourth-order valence-corrected chi connectivity index (χ4v) is 4.52.